The van der Waals surface area contributed by atoms with Crippen LogP contribution in [0.25, 0.3) is 6.08 Å². The van der Waals surface area contributed by atoms with Crippen molar-refractivity contribution >= 4 is 17.9 Å². The molecule has 25 heavy (non-hydrogen) atoms. The maximum Gasteiger partial charge on any atom is 0.268 e. The second-order valence-electron chi connectivity index (χ2n) is 5.78. The van der Waals surface area contributed by atoms with Crippen molar-refractivity contribution in [3.63, 3.8) is 0 Å². The highest BCUT2D eigenvalue weighted by atomic mass is 16.2. The Balaban J connectivity index is 2.19. The van der Waals surface area contributed by atoms with Crippen molar-refractivity contribution in [3.8, 4) is 0 Å². The molecule has 0 aliphatic heterocycles. The molecule has 0 saturated heterocycles. The molecule has 0 unspecified atom stereocenters. The van der Waals surface area contributed by atoms with E-state index in [2.05, 4.69) is 15.6 Å². The van der Waals surface area contributed by atoms with Crippen molar-refractivity contribution < 1.29 is 9.59 Å². The number of rotatable bonds is 5. The van der Waals surface area contributed by atoms with Crippen LogP contribution in [0.5, 0.6) is 0 Å². The van der Waals surface area contributed by atoms with Gasteiger partial charge in [0.2, 0.25) is 5.91 Å². The van der Waals surface area contributed by atoms with Crippen LogP contribution in [0.15, 0.2) is 46.9 Å². The van der Waals surface area contributed by atoms with E-state index in [1.54, 1.807) is 13.0 Å². The number of carbonyl (C=O) groups is 2. The molecule has 3 N–H and O–H groups in total. The lowest BCUT2D eigenvalue weighted by Gasteiger charge is -2.11. The fraction of sp³-hybridized carbons (Fsp3) is 0.211. The molecule has 0 fully saturated rings. The number of hydrogen-bond acceptors (Lipinski definition) is 3. The number of aryl methyl sites for hydroxylation is 2. The zero-order valence-electron chi connectivity index (χ0n) is 14.5. The predicted octanol–water partition coefficient (Wildman–Crippen LogP) is 1.79. The van der Waals surface area contributed by atoms with E-state index in [0.717, 1.165) is 16.8 Å². The molecule has 130 valence electrons. The third kappa shape index (κ3) is 5.17. The maximum absolute atomic E-state index is 12.4. The summed E-state index contributed by atoms with van der Waals surface area (Å²) in [6.45, 7) is 5.03. The smallest absolute Gasteiger partial charge is 0.268 e. The summed E-state index contributed by atoms with van der Waals surface area (Å²) in [4.78, 5) is 38.6. The minimum atomic E-state index is -0.460. The summed E-state index contributed by atoms with van der Waals surface area (Å²) >= 11 is 0. The van der Waals surface area contributed by atoms with E-state index in [4.69, 9.17) is 0 Å². The number of pyridine rings is 1. The van der Waals surface area contributed by atoms with Crippen LogP contribution in [0.1, 0.15) is 29.3 Å². The molecule has 0 atom stereocenters. The van der Waals surface area contributed by atoms with Crippen LogP contribution < -0.4 is 16.2 Å². The van der Waals surface area contributed by atoms with Crippen LogP contribution in [-0.2, 0) is 16.1 Å². The van der Waals surface area contributed by atoms with Crippen molar-refractivity contribution in [2.75, 3.05) is 0 Å². The van der Waals surface area contributed by atoms with Crippen LogP contribution in [0.2, 0.25) is 0 Å². The Hall–Kier alpha value is -3.15. The lowest BCUT2D eigenvalue weighted by atomic mass is 10.1. The van der Waals surface area contributed by atoms with E-state index in [0.29, 0.717) is 5.56 Å². The van der Waals surface area contributed by atoms with E-state index in [-0.39, 0.29) is 23.7 Å². The van der Waals surface area contributed by atoms with Crippen molar-refractivity contribution in [1.29, 1.82) is 0 Å². The zero-order valence-corrected chi connectivity index (χ0v) is 14.5. The van der Waals surface area contributed by atoms with Crippen molar-refractivity contribution in [3.05, 3.63) is 74.8 Å². The summed E-state index contributed by atoms with van der Waals surface area (Å²) in [5.41, 5.74) is 2.73. The van der Waals surface area contributed by atoms with Crippen LogP contribution >= 0.6 is 0 Å². The highest BCUT2D eigenvalue weighted by Gasteiger charge is 2.13. The summed E-state index contributed by atoms with van der Waals surface area (Å²) in [6, 6.07) is 11.0. The molecular formula is C19H21N3O3. The third-order valence-corrected chi connectivity index (χ3v) is 3.59. The molecule has 0 aliphatic rings. The Morgan fingerprint density at radius 1 is 1.16 bits per heavy atom. The highest BCUT2D eigenvalue weighted by molar-refractivity contribution is 6.00. The molecule has 6 nitrogen and oxygen atoms in total. The number of H-pyrrole nitrogens is 1. The molecule has 0 aliphatic carbocycles. The summed E-state index contributed by atoms with van der Waals surface area (Å²) in [5, 5.41) is 5.21. The van der Waals surface area contributed by atoms with Crippen LogP contribution in [-0.4, -0.2) is 16.8 Å². The summed E-state index contributed by atoms with van der Waals surface area (Å²) < 4.78 is 0. The van der Waals surface area contributed by atoms with Crippen molar-refractivity contribution in [2.45, 2.75) is 27.3 Å². The van der Waals surface area contributed by atoms with E-state index in [1.807, 2.05) is 43.3 Å². The average molecular weight is 339 g/mol. The number of hydrogen-bond donors (Lipinski definition) is 3. The largest absolute Gasteiger partial charge is 0.346 e. The second-order valence-corrected chi connectivity index (χ2v) is 5.78. The average Bonchev–Trinajstić information content (AvgIpc) is 2.53. The van der Waals surface area contributed by atoms with Gasteiger partial charge < -0.3 is 15.6 Å². The van der Waals surface area contributed by atoms with E-state index in [9.17, 15) is 14.4 Å². The van der Waals surface area contributed by atoms with Crippen LogP contribution in [0, 0.1) is 13.8 Å². The van der Waals surface area contributed by atoms with Gasteiger partial charge in [-0.15, -0.1) is 0 Å². The first kappa shape index (κ1) is 18.2. The number of benzene rings is 1. The quantitative estimate of drug-likeness (QED) is 0.725. The Kier molecular flexibility index (Phi) is 5.89. The molecule has 0 bridgehead atoms. The summed E-state index contributed by atoms with van der Waals surface area (Å²) in [5.74, 6) is -0.805. The summed E-state index contributed by atoms with van der Waals surface area (Å²) in [6.07, 6.45) is 1.59. The molecule has 0 saturated carbocycles. The number of nitrogens with one attached hydrogen (secondary N) is 3. The van der Waals surface area contributed by atoms with Gasteiger partial charge in [0.15, 0.2) is 0 Å². The fourth-order valence-electron chi connectivity index (χ4n) is 2.43. The fourth-order valence-corrected chi connectivity index (χ4v) is 2.43. The highest BCUT2D eigenvalue weighted by Crippen LogP contribution is 2.07. The number of amides is 2. The first-order chi connectivity index (χ1) is 11.9. The van der Waals surface area contributed by atoms with Crippen molar-refractivity contribution in [1.82, 2.24) is 15.6 Å². The van der Waals surface area contributed by atoms with Gasteiger partial charge in [-0.2, -0.15) is 0 Å². The SMILES string of the molecule is CC(=O)N/C(=C\c1ccccc1)C(=O)NCc1c(C)cc(C)[nH]c1=O. The maximum atomic E-state index is 12.4. The second kappa shape index (κ2) is 8.10. The van der Waals surface area contributed by atoms with Gasteiger partial charge in [-0.3, -0.25) is 14.4 Å². The van der Waals surface area contributed by atoms with Gasteiger partial charge in [0.25, 0.3) is 11.5 Å². The normalized spacial score (nSPS) is 11.1. The van der Waals surface area contributed by atoms with Gasteiger partial charge in [-0.25, -0.2) is 0 Å². The van der Waals surface area contributed by atoms with E-state index >= 15 is 0 Å². The topological polar surface area (TPSA) is 91.1 Å². The van der Waals surface area contributed by atoms with Gasteiger partial charge in [0.1, 0.15) is 5.70 Å². The molecular weight excluding hydrogens is 318 g/mol. The molecule has 1 heterocycles. The van der Waals surface area contributed by atoms with Gasteiger partial charge in [0.05, 0.1) is 0 Å². The molecule has 1 aromatic heterocycles. The van der Waals surface area contributed by atoms with Crippen molar-refractivity contribution in [2.24, 2.45) is 0 Å². The Bertz CT molecular complexity index is 867. The van der Waals surface area contributed by atoms with E-state index < -0.39 is 5.91 Å². The Morgan fingerprint density at radius 3 is 2.44 bits per heavy atom. The van der Waals surface area contributed by atoms with Gasteiger partial charge in [-0.1, -0.05) is 30.3 Å². The minimum absolute atomic E-state index is 0.0754. The summed E-state index contributed by atoms with van der Waals surface area (Å²) in [7, 11) is 0. The molecule has 2 rings (SSSR count). The molecule has 1 aromatic carbocycles. The lowest BCUT2D eigenvalue weighted by Crippen LogP contribution is -2.35. The molecule has 0 spiro atoms. The first-order valence-corrected chi connectivity index (χ1v) is 7.88. The first-order valence-electron chi connectivity index (χ1n) is 7.88. The van der Waals surface area contributed by atoms with Gasteiger partial charge >= 0.3 is 0 Å². The standard InChI is InChI=1S/C19H21N3O3/c1-12-9-13(2)21-18(24)16(12)11-20-19(25)17(22-14(3)23)10-15-7-5-4-6-8-15/h4-10H,11H2,1-3H3,(H,20,25)(H,21,24)(H,22,23)/b17-10-. The molecule has 2 aromatic rings. The monoisotopic (exact) mass is 339 g/mol. The number of aromatic amines is 1. The molecule has 6 heteroatoms. The number of aromatic nitrogens is 1. The predicted molar refractivity (Wildman–Crippen MR) is 96.6 cm³/mol. The van der Waals surface area contributed by atoms with Gasteiger partial charge in [-0.05, 0) is 37.1 Å². The molecule has 0 radical (unpaired) electrons. The Morgan fingerprint density at radius 2 is 1.84 bits per heavy atom. The van der Waals surface area contributed by atoms with E-state index in [1.165, 1.54) is 6.92 Å². The minimum Gasteiger partial charge on any atom is -0.346 e. The lowest BCUT2D eigenvalue weighted by molar-refractivity contribution is -0.122. The van der Waals surface area contributed by atoms with Crippen LogP contribution in [0.4, 0.5) is 0 Å². The van der Waals surface area contributed by atoms with Gasteiger partial charge in [0, 0.05) is 24.7 Å². The number of carbonyl (C=O) groups excluding carboxylic acids is 2. The Labute approximate surface area is 146 Å². The zero-order chi connectivity index (χ0) is 18.4. The third-order valence-electron chi connectivity index (χ3n) is 3.59. The van der Waals surface area contributed by atoms with Crippen LogP contribution in [0.3, 0.4) is 0 Å². The molecule has 2 amide bonds.